The molecule has 6 nitrogen and oxygen atoms in total. The van der Waals surface area contributed by atoms with E-state index in [2.05, 4.69) is 20.4 Å². The summed E-state index contributed by atoms with van der Waals surface area (Å²) in [6, 6.07) is 0. The quantitative estimate of drug-likeness (QED) is 0.819. The summed E-state index contributed by atoms with van der Waals surface area (Å²) in [5.74, 6) is 0.872. The van der Waals surface area contributed by atoms with Crippen LogP contribution in [0.1, 0.15) is 19.3 Å². The maximum Gasteiger partial charge on any atom is 0.163 e. The first-order chi connectivity index (χ1) is 8.74. The first-order valence-corrected chi connectivity index (χ1v) is 6.31. The summed E-state index contributed by atoms with van der Waals surface area (Å²) in [5.41, 5.74) is 6.91. The monoisotopic (exact) mass is 246 g/mol. The predicted molar refractivity (Wildman–Crippen MR) is 70.1 cm³/mol. The van der Waals surface area contributed by atoms with Crippen LogP contribution in [-0.4, -0.2) is 32.8 Å². The van der Waals surface area contributed by atoms with E-state index in [1.165, 1.54) is 12.8 Å². The highest BCUT2D eigenvalue weighted by molar-refractivity contribution is 5.85. The van der Waals surface area contributed by atoms with Gasteiger partial charge in [0.2, 0.25) is 0 Å². The summed E-state index contributed by atoms with van der Waals surface area (Å²) in [5, 5.41) is 8.61. The third kappa shape index (κ3) is 1.92. The van der Waals surface area contributed by atoms with Crippen molar-refractivity contribution in [2.45, 2.75) is 19.3 Å². The van der Waals surface area contributed by atoms with E-state index in [-0.39, 0.29) is 0 Å². The van der Waals surface area contributed by atoms with Crippen molar-refractivity contribution < 1.29 is 0 Å². The molecule has 2 aromatic rings. The lowest BCUT2D eigenvalue weighted by atomic mass is 10.0. The van der Waals surface area contributed by atoms with Crippen LogP contribution in [0.5, 0.6) is 0 Å². The van der Waals surface area contributed by atoms with Gasteiger partial charge in [-0.05, 0) is 31.2 Å². The predicted octanol–water partition coefficient (Wildman–Crippen LogP) is 0.904. The fourth-order valence-electron chi connectivity index (χ4n) is 2.37. The van der Waals surface area contributed by atoms with Gasteiger partial charge in [-0.2, -0.15) is 5.10 Å². The van der Waals surface area contributed by atoms with Gasteiger partial charge in [0, 0.05) is 13.6 Å². The Balaban J connectivity index is 1.79. The number of fused-ring (bicyclic) bond motifs is 1. The van der Waals surface area contributed by atoms with Gasteiger partial charge < -0.3 is 11.1 Å². The van der Waals surface area contributed by atoms with Crippen molar-refractivity contribution in [2.75, 3.05) is 18.4 Å². The fourth-order valence-corrected chi connectivity index (χ4v) is 2.37. The van der Waals surface area contributed by atoms with Crippen LogP contribution >= 0.6 is 0 Å². The Morgan fingerprint density at radius 2 is 2.28 bits per heavy atom. The molecule has 0 spiro atoms. The van der Waals surface area contributed by atoms with Crippen molar-refractivity contribution in [3.63, 3.8) is 0 Å². The molecule has 1 fully saturated rings. The van der Waals surface area contributed by atoms with Crippen LogP contribution in [0.3, 0.4) is 0 Å². The molecule has 6 heteroatoms. The number of hydrogen-bond acceptors (Lipinski definition) is 5. The maximum absolute atomic E-state index is 5.65. The van der Waals surface area contributed by atoms with Gasteiger partial charge in [0.1, 0.15) is 12.1 Å². The van der Waals surface area contributed by atoms with Gasteiger partial charge in [0.05, 0.1) is 11.6 Å². The SMILES string of the molecule is Cn1ncc2c(NCC3(CCN)CC3)ncnc21. The lowest BCUT2D eigenvalue weighted by molar-refractivity contribution is 0.501. The molecule has 3 N–H and O–H groups in total. The van der Waals surface area contributed by atoms with Crippen LogP contribution in [0, 0.1) is 5.41 Å². The average molecular weight is 246 g/mol. The zero-order valence-corrected chi connectivity index (χ0v) is 10.6. The van der Waals surface area contributed by atoms with E-state index < -0.39 is 0 Å². The van der Waals surface area contributed by atoms with Crippen LogP contribution in [0.4, 0.5) is 5.82 Å². The lowest BCUT2D eigenvalue weighted by Crippen LogP contribution is -2.19. The minimum Gasteiger partial charge on any atom is -0.369 e. The Bertz CT molecular complexity index is 557. The van der Waals surface area contributed by atoms with Crippen LogP contribution in [0.15, 0.2) is 12.5 Å². The molecule has 96 valence electrons. The summed E-state index contributed by atoms with van der Waals surface area (Å²) in [7, 11) is 1.88. The minimum atomic E-state index is 0.397. The topological polar surface area (TPSA) is 81.7 Å². The van der Waals surface area contributed by atoms with E-state index >= 15 is 0 Å². The Morgan fingerprint density at radius 1 is 1.44 bits per heavy atom. The number of aromatic nitrogens is 4. The molecule has 1 aliphatic carbocycles. The molecule has 0 aliphatic heterocycles. The van der Waals surface area contributed by atoms with E-state index in [0.29, 0.717) is 5.41 Å². The van der Waals surface area contributed by atoms with Crippen LogP contribution in [0.25, 0.3) is 11.0 Å². The van der Waals surface area contributed by atoms with Gasteiger partial charge in [0.25, 0.3) is 0 Å². The smallest absolute Gasteiger partial charge is 0.163 e. The van der Waals surface area contributed by atoms with Crippen LogP contribution < -0.4 is 11.1 Å². The summed E-state index contributed by atoms with van der Waals surface area (Å²) in [6.07, 6.45) is 6.99. The zero-order valence-electron chi connectivity index (χ0n) is 10.6. The third-order valence-corrected chi connectivity index (χ3v) is 3.79. The lowest BCUT2D eigenvalue weighted by Gasteiger charge is -2.15. The normalized spacial score (nSPS) is 17.0. The standard InChI is InChI=1S/C12H18N6/c1-18-11-9(6-17-18)10(15-8-16-11)14-7-12(2-3-12)4-5-13/h6,8H,2-5,7,13H2,1H3,(H,14,15,16). The molecular formula is C12H18N6. The molecule has 18 heavy (non-hydrogen) atoms. The largest absolute Gasteiger partial charge is 0.369 e. The summed E-state index contributed by atoms with van der Waals surface area (Å²) in [6.45, 7) is 1.69. The van der Waals surface area contributed by atoms with Gasteiger partial charge in [0.15, 0.2) is 5.65 Å². The molecule has 2 heterocycles. The van der Waals surface area contributed by atoms with Crippen molar-refractivity contribution in [1.82, 2.24) is 19.7 Å². The minimum absolute atomic E-state index is 0.397. The van der Waals surface area contributed by atoms with Crippen molar-refractivity contribution >= 4 is 16.9 Å². The molecule has 0 atom stereocenters. The molecule has 0 radical (unpaired) electrons. The number of nitrogens with two attached hydrogens (primary N) is 1. The highest BCUT2D eigenvalue weighted by Crippen LogP contribution is 2.48. The number of anilines is 1. The molecule has 0 amide bonds. The highest BCUT2D eigenvalue weighted by Gasteiger charge is 2.41. The van der Waals surface area contributed by atoms with Gasteiger partial charge in [-0.1, -0.05) is 0 Å². The van der Waals surface area contributed by atoms with E-state index in [4.69, 9.17) is 5.73 Å². The Morgan fingerprint density at radius 3 is 3.00 bits per heavy atom. The van der Waals surface area contributed by atoms with Gasteiger partial charge in [-0.25, -0.2) is 9.97 Å². The Kier molecular flexibility index (Phi) is 2.66. The van der Waals surface area contributed by atoms with Crippen LogP contribution in [-0.2, 0) is 7.05 Å². The van der Waals surface area contributed by atoms with Crippen molar-refractivity contribution in [2.24, 2.45) is 18.2 Å². The van der Waals surface area contributed by atoms with E-state index in [1.807, 2.05) is 7.05 Å². The molecule has 0 saturated heterocycles. The first-order valence-electron chi connectivity index (χ1n) is 6.31. The molecule has 0 unspecified atom stereocenters. The molecule has 1 aliphatic rings. The van der Waals surface area contributed by atoms with E-state index in [0.717, 1.165) is 36.4 Å². The highest BCUT2D eigenvalue weighted by atomic mass is 15.3. The second-order valence-electron chi connectivity index (χ2n) is 5.12. The van der Waals surface area contributed by atoms with Gasteiger partial charge in [-0.15, -0.1) is 0 Å². The number of nitrogens with one attached hydrogen (secondary N) is 1. The van der Waals surface area contributed by atoms with Gasteiger partial charge >= 0.3 is 0 Å². The Hall–Kier alpha value is -1.69. The van der Waals surface area contributed by atoms with Crippen molar-refractivity contribution in [1.29, 1.82) is 0 Å². The summed E-state index contributed by atoms with van der Waals surface area (Å²) in [4.78, 5) is 8.53. The number of rotatable bonds is 5. The molecule has 2 aromatic heterocycles. The molecule has 3 rings (SSSR count). The second kappa shape index (κ2) is 4.20. The van der Waals surface area contributed by atoms with Crippen molar-refractivity contribution in [3.8, 4) is 0 Å². The second-order valence-corrected chi connectivity index (χ2v) is 5.12. The number of nitrogens with zero attached hydrogens (tertiary/aromatic N) is 4. The summed E-state index contributed by atoms with van der Waals surface area (Å²) >= 11 is 0. The van der Waals surface area contributed by atoms with Crippen LogP contribution in [0.2, 0.25) is 0 Å². The first kappa shape index (κ1) is 11.4. The van der Waals surface area contributed by atoms with Crippen molar-refractivity contribution in [3.05, 3.63) is 12.5 Å². The fraction of sp³-hybridized carbons (Fsp3) is 0.583. The molecule has 0 aromatic carbocycles. The summed E-state index contributed by atoms with van der Waals surface area (Å²) < 4.78 is 1.76. The average Bonchev–Trinajstić information content (AvgIpc) is 3.04. The zero-order chi connectivity index (χ0) is 12.6. The molecule has 1 saturated carbocycles. The number of hydrogen-bond donors (Lipinski definition) is 2. The molecule has 0 bridgehead atoms. The third-order valence-electron chi connectivity index (χ3n) is 3.79. The maximum atomic E-state index is 5.65. The molecular weight excluding hydrogens is 228 g/mol. The van der Waals surface area contributed by atoms with Gasteiger partial charge in [-0.3, -0.25) is 4.68 Å². The number of aryl methyl sites for hydroxylation is 1. The Labute approximate surface area is 106 Å². The van der Waals surface area contributed by atoms with E-state index in [9.17, 15) is 0 Å². The van der Waals surface area contributed by atoms with E-state index in [1.54, 1.807) is 17.2 Å².